The number of phenolic OH excluding ortho intramolecular Hbond substituents is 2. The lowest BCUT2D eigenvalue weighted by atomic mass is 9.52. The number of benzene rings is 2. The van der Waals surface area contributed by atoms with Gasteiger partial charge in [0, 0.05) is 5.41 Å². The molecule has 0 aromatic heterocycles. The number of fused-ring (bicyclic) bond motifs is 4. The number of phenols is 2. The van der Waals surface area contributed by atoms with Crippen LogP contribution in [-0.4, -0.2) is 22.9 Å². The molecule has 4 rings (SSSR count). The van der Waals surface area contributed by atoms with Gasteiger partial charge in [0.05, 0.1) is 12.7 Å². The van der Waals surface area contributed by atoms with Crippen LogP contribution in [0.4, 0.5) is 0 Å². The van der Waals surface area contributed by atoms with Crippen molar-refractivity contribution in [1.29, 1.82) is 0 Å². The molecule has 0 fully saturated rings. The molecule has 4 nitrogen and oxygen atoms in total. The molecule has 1 spiro atoms. The van der Waals surface area contributed by atoms with Crippen molar-refractivity contribution in [3.05, 3.63) is 46.5 Å². The summed E-state index contributed by atoms with van der Waals surface area (Å²) < 4.78 is 12.2. The molecule has 1 atom stereocenters. The number of hydrogen-bond donors (Lipinski definition) is 2. The highest BCUT2D eigenvalue weighted by Gasteiger charge is 2.50. The summed E-state index contributed by atoms with van der Waals surface area (Å²) in [4.78, 5) is 0. The molecule has 0 bridgehead atoms. The topological polar surface area (TPSA) is 58.9 Å². The Bertz CT molecular complexity index is 1030. The summed E-state index contributed by atoms with van der Waals surface area (Å²) in [5.41, 5.74) is 4.55. The van der Waals surface area contributed by atoms with Gasteiger partial charge >= 0.3 is 0 Å². The lowest BCUT2D eigenvalue weighted by Gasteiger charge is -2.51. The van der Waals surface area contributed by atoms with Gasteiger partial charge in [-0.1, -0.05) is 41.5 Å². The predicted octanol–water partition coefficient (Wildman–Crippen LogP) is 7.74. The Hall–Kier alpha value is -2.36. The molecule has 0 radical (unpaired) electrons. The minimum atomic E-state index is -0.222. The largest absolute Gasteiger partial charge is 0.504 e. The lowest BCUT2D eigenvalue weighted by Crippen LogP contribution is -2.44. The zero-order valence-corrected chi connectivity index (χ0v) is 22.6. The van der Waals surface area contributed by atoms with E-state index in [9.17, 15) is 10.2 Å². The third-order valence-corrected chi connectivity index (χ3v) is 7.70. The van der Waals surface area contributed by atoms with Gasteiger partial charge in [0.15, 0.2) is 23.0 Å². The van der Waals surface area contributed by atoms with E-state index in [4.69, 9.17) is 9.47 Å². The second kappa shape index (κ2) is 9.36. The minimum Gasteiger partial charge on any atom is -0.504 e. The Morgan fingerprint density at radius 1 is 0.735 bits per heavy atom. The first-order valence-electron chi connectivity index (χ1n) is 13.0. The molecule has 1 unspecified atom stereocenters. The summed E-state index contributed by atoms with van der Waals surface area (Å²) in [6.45, 7) is 19.7. The third kappa shape index (κ3) is 4.36. The Kier molecular flexibility index (Phi) is 7.22. The van der Waals surface area contributed by atoms with Crippen LogP contribution >= 0.6 is 0 Å². The first kappa shape index (κ1) is 26.2. The number of aromatic hydroxyl groups is 2. The fraction of sp³-hybridized carbons (Fsp3) is 0.600. The first-order chi connectivity index (χ1) is 15.9. The van der Waals surface area contributed by atoms with E-state index >= 15 is 0 Å². The Morgan fingerprint density at radius 3 is 1.68 bits per heavy atom. The van der Waals surface area contributed by atoms with Gasteiger partial charge in [0.2, 0.25) is 0 Å². The monoisotopic (exact) mass is 468 g/mol. The highest BCUT2D eigenvalue weighted by Crippen LogP contribution is 2.59. The molecular weight excluding hydrogens is 424 g/mol. The van der Waals surface area contributed by atoms with E-state index < -0.39 is 0 Å². The summed E-state index contributed by atoms with van der Waals surface area (Å²) in [6.07, 6.45) is 4.08. The molecule has 0 heterocycles. The summed E-state index contributed by atoms with van der Waals surface area (Å²) in [5, 5.41) is 20.8. The van der Waals surface area contributed by atoms with Crippen LogP contribution in [0.1, 0.15) is 110 Å². The number of rotatable bonds is 4. The van der Waals surface area contributed by atoms with E-state index in [2.05, 4.69) is 39.8 Å². The van der Waals surface area contributed by atoms with Crippen molar-refractivity contribution in [3.8, 4) is 23.0 Å². The van der Waals surface area contributed by atoms with Crippen molar-refractivity contribution in [3.63, 3.8) is 0 Å². The maximum Gasteiger partial charge on any atom is 0.161 e. The van der Waals surface area contributed by atoms with Crippen molar-refractivity contribution >= 4 is 0 Å². The first-order valence-corrected chi connectivity index (χ1v) is 13.0. The molecule has 0 aliphatic heterocycles. The van der Waals surface area contributed by atoms with E-state index in [0.717, 1.165) is 48.3 Å². The van der Waals surface area contributed by atoms with Crippen LogP contribution in [0.25, 0.3) is 0 Å². The van der Waals surface area contributed by atoms with E-state index in [1.54, 1.807) is 6.07 Å². The Balaban J connectivity index is 0.00000158. The molecule has 2 aliphatic carbocycles. The average Bonchev–Trinajstić information content (AvgIpc) is 2.77. The second-order valence-corrected chi connectivity index (χ2v) is 11.2. The van der Waals surface area contributed by atoms with Crippen molar-refractivity contribution < 1.29 is 19.7 Å². The second-order valence-electron chi connectivity index (χ2n) is 11.2. The van der Waals surface area contributed by atoms with Crippen molar-refractivity contribution in [1.82, 2.24) is 0 Å². The van der Waals surface area contributed by atoms with Crippen LogP contribution in [0.2, 0.25) is 0 Å². The summed E-state index contributed by atoms with van der Waals surface area (Å²) in [5.74, 6) is 1.50. The zero-order valence-electron chi connectivity index (χ0n) is 22.6. The van der Waals surface area contributed by atoms with Gasteiger partial charge < -0.3 is 19.7 Å². The van der Waals surface area contributed by atoms with Gasteiger partial charge in [-0.3, -0.25) is 0 Å². The lowest BCUT2D eigenvalue weighted by molar-refractivity contribution is 0.219. The smallest absolute Gasteiger partial charge is 0.161 e. The summed E-state index contributed by atoms with van der Waals surface area (Å²) >= 11 is 0. The standard InChI is InChI=1S/C28H38O4.C2H6/c1-8-31-24-15-19-21(16-25(24)32-17(2)3)28(12-10-27(19,6)7)11-9-26(4,5)18-13-22(29)23(30)14-20(18)28;1-2/h13-17,29-30H,8-12H2,1-7H3;1-2H3. The van der Waals surface area contributed by atoms with Crippen molar-refractivity contribution in [2.24, 2.45) is 0 Å². The molecule has 34 heavy (non-hydrogen) atoms. The number of ether oxygens (including phenoxy) is 2. The molecule has 0 amide bonds. The molecule has 2 aromatic rings. The molecule has 2 aromatic carbocycles. The summed E-state index contributed by atoms with van der Waals surface area (Å²) in [6, 6.07) is 7.99. The minimum absolute atomic E-state index is 0.00882. The fourth-order valence-electron chi connectivity index (χ4n) is 5.79. The Labute approximate surface area is 206 Å². The average molecular weight is 469 g/mol. The van der Waals surface area contributed by atoms with Gasteiger partial charge in [0.1, 0.15) is 0 Å². The van der Waals surface area contributed by atoms with Crippen LogP contribution in [0.3, 0.4) is 0 Å². The van der Waals surface area contributed by atoms with Crippen LogP contribution < -0.4 is 9.47 Å². The van der Waals surface area contributed by atoms with Crippen LogP contribution in [-0.2, 0) is 16.2 Å². The van der Waals surface area contributed by atoms with Gasteiger partial charge in [-0.25, -0.2) is 0 Å². The SMILES string of the molecule is CC.CCOc1cc2c(cc1OC(C)C)C1(CCC(C)(C)c3cc(O)c(O)cc31)CCC2(C)C. The Morgan fingerprint density at radius 2 is 1.18 bits per heavy atom. The predicted molar refractivity (Wildman–Crippen MR) is 140 cm³/mol. The van der Waals surface area contributed by atoms with Crippen LogP contribution in [0, 0.1) is 0 Å². The molecule has 4 heteroatoms. The normalized spacial score (nSPS) is 21.8. The van der Waals surface area contributed by atoms with E-state index in [1.165, 1.54) is 11.1 Å². The van der Waals surface area contributed by atoms with Crippen LogP contribution in [0.5, 0.6) is 23.0 Å². The molecule has 2 N–H and O–H groups in total. The van der Waals surface area contributed by atoms with Crippen molar-refractivity contribution in [2.45, 2.75) is 110 Å². The molecular formula is C30H44O4. The quantitative estimate of drug-likeness (QED) is 0.451. The zero-order chi connectivity index (χ0) is 25.5. The molecule has 2 aliphatic rings. The fourth-order valence-corrected chi connectivity index (χ4v) is 5.79. The molecule has 0 saturated carbocycles. The maximum atomic E-state index is 10.5. The summed E-state index contributed by atoms with van der Waals surface area (Å²) in [7, 11) is 0. The molecule has 0 saturated heterocycles. The highest BCUT2D eigenvalue weighted by atomic mass is 16.5. The maximum absolute atomic E-state index is 10.5. The van der Waals surface area contributed by atoms with Gasteiger partial charge in [-0.15, -0.1) is 0 Å². The number of hydrogen-bond acceptors (Lipinski definition) is 4. The third-order valence-electron chi connectivity index (χ3n) is 7.70. The van der Waals surface area contributed by atoms with E-state index in [1.807, 2.05) is 40.7 Å². The van der Waals surface area contributed by atoms with Gasteiger partial charge in [-0.2, -0.15) is 0 Å². The van der Waals surface area contributed by atoms with Gasteiger partial charge in [0.25, 0.3) is 0 Å². The molecule has 188 valence electrons. The van der Waals surface area contributed by atoms with Gasteiger partial charge in [-0.05, 0) is 104 Å². The van der Waals surface area contributed by atoms with Crippen molar-refractivity contribution in [2.75, 3.05) is 6.61 Å². The van der Waals surface area contributed by atoms with Crippen LogP contribution in [0.15, 0.2) is 24.3 Å². The van der Waals surface area contributed by atoms with E-state index in [-0.39, 0.29) is 33.8 Å². The van der Waals surface area contributed by atoms with E-state index in [0.29, 0.717) is 6.61 Å². The highest BCUT2D eigenvalue weighted by molar-refractivity contribution is 5.62.